The summed E-state index contributed by atoms with van der Waals surface area (Å²) in [5, 5.41) is 6.15. The third-order valence-electron chi connectivity index (χ3n) is 2.50. The fourth-order valence-electron chi connectivity index (χ4n) is 1.63. The lowest BCUT2D eigenvalue weighted by Gasteiger charge is -2.09. The smallest absolute Gasteiger partial charge is 0.226 e. The Hall–Kier alpha value is -1.89. The molecule has 0 radical (unpaired) electrons. The van der Waals surface area contributed by atoms with Crippen LogP contribution in [-0.4, -0.2) is 46.7 Å². The second-order valence-corrected chi connectivity index (χ2v) is 4.64. The van der Waals surface area contributed by atoms with Crippen molar-refractivity contribution in [3.05, 3.63) is 6.33 Å². The van der Waals surface area contributed by atoms with Gasteiger partial charge in [-0.2, -0.15) is 9.97 Å². The van der Waals surface area contributed by atoms with Crippen LogP contribution in [0.3, 0.4) is 0 Å². The number of imidazole rings is 1. The van der Waals surface area contributed by atoms with Crippen LogP contribution in [0.1, 0.15) is 13.8 Å². The molecule has 0 atom stereocenters. The molecule has 0 aliphatic rings. The Bertz CT molecular complexity index is 524. The van der Waals surface area contributed by atoms with Crippen LogP contribution >= 0.6 is 0 Å². The first-order valence-electron chi connectivity index (χ1n) is 6.41. The summed E-state index contributed by atoms with van der Waals surface area (Å²) in [6.07, 6.45) is 1.61. The van der Waals surface area contributed by atoms with Crippen LogP contribution < -0.4 is 10.6 Å². The molecule has 0 aliphatic heterocycles. The molecule has 0 amide bonds. The Morgan fingerprint density at radius 1 is 1.37 bits per heavy atom. The van der Waals surface area contributed by atoms with Gasteiger partial charge in [0.1, 0.15) is 5.52 Å². The third kappa shape index (κ3) is 3.54. The van der Waals surface area contributed by atoms with Gasteiger partial charge in [-0.05, 0) is 5.92 Å². The monoisotopic (exact) mass is 264 g/mol. The van der Waals surface area contributed by atoms with Gasteiger partial charge in [-0.1, -0.05) is 13.8 Å². The predicted octanol–water partition coefficient (Wildman–Crippen LogP) is 1.48. The van der Waals surface area contributed by atoms with Crippen molar-refractivity contribution < 1.29 is 4.74 Å². The molecule has 7 heteroatoms. The van der Waals surface area contributed by atoms with Crippen molar-refractivity contribution in [2.24, 2.45) is 5.92 Å². The summed E-state index contributed by atoms with van der Waals surface area (Å²) >= 11 is 0. The maximum atomic E-state index is 5.52. The Balaban J connectivity index is 1.97. The summed E-state index contributed by atoms with van der Waals surface area (Å²) in [6, 6.07) is 0. The molecule has 0 unspecified atom stereocenters. The maximum absolute atomic E-state index is 5.52. The van der Waals surface area contributed by atoms with Gasteiger partial charge in [-0.3, -0.25) is 0 Å². The molecule has 7 nitrogen and oxygen atoms in total. The predicted molar refractivity (Wildman–Crippen MR) is 75.4 cm³/mol. The number of anilines is 2. The second kappa shape index (κ2) is 6.33. The maximum Gasteiger partial charge on any atom is 0.226 e. The number of aromatic amines is 1. The quantitative estimate of drug-likeness (QED) is 0.656. The first-order chi connectivity index (χ1) is 9.20. The van der Waals surface area contributed by atoms with Crippen LogP contribution in [0.15, 0.2) is 6.33 Å². The van der Waals surface area contributed by atoms with Gasteiger partial charge in [0.15, 0.2) is 11.5 Å². The van der Waals surface area contributed by atoms with Crippen LogP contribution in [0, 0.1) is 5.92 Å². The van der Waals surface area contributed by atoms with E-state index >= 15 is 0 Å². The van der Waals surface area contributed by atoms with E-state index < -0.39 is 0 Å². The second-order valence-electron chi connectivity index (χ2n) is 4.64. The van der Waals surface area contributed by atoms with Gasteiger partial charge in [0, 0.05) is 20.2 Å². The topological polar surface area (TPSA) is 87.8 Å². The summed E-state index contributed by atoms with van der Waals surface area (Å²) in [7, 11) is 1.78. The van der Waals surface area contributed by atoms with Crippen LogP contribution in [0.2, 0.25) is 0 Å². The first kappa shape index (κ1) is 13.5. The van der Waals surface area contributed by atoms with Crippen molar-refractivity contribution in [2.75, 3.05) is 37.4 Å². The lowest BCUT2D eigenvalue weighted by Crippen LogP contribution is -2.13. The lowest BCUT2D eigenvalue weighted by atomic mass is 10.2. The van der Waals surface area contributed by atoms with Crippen LogP contribution in [0.5, 0.6) is 0 Å². The van der Waals surface area contributed by atoms with E-state index in [2.05, 4.69) is 44.4 Å². The van der Waals surface area contributed by atoms with Crippen molar-refractivity contribution in [1.82, 2.24) is 19.9 Å². The number of rotatable bonds is 7. The summed E-state index contributed by atoms with van der Waals surface area (Å²) < 4.78 is 5.52. The van der Waals surface area contributed by atoms with Crippen molar-refractivity contribution in [1.29, 1.82) is 0 Å². The number of nitrogens with one attached hydrogen (secondary N) is 3. The minimum atomic E-state index is 0.546. The third-order valence-corrected chi connectivity index (χ3v) is 2.50. The molecular weight excluding hydrogens is 244 g/mol. The zero-order chi connectivity index (χ0) is 13.7. The SMILES string of the molecule is CNc1nc(NCCOCC(C)C)c2[nH]cnc2n1. The van der Waals surface area contributed by atoms with Crippen molar-refractivity contribution >= 4 is 22.9 Å². The molecule has 0 aliphatic carbocycles. The molecule has 0 bridgehead atoms. The molecule has 0 fully saturated rings. The van der Waals surface area contributed by atoms with Gasteiger partial charge in [0.05, 0.1) is 12.9 Å². The average Bonchev–Trinajstić information content (AvgIpc) is 2.85. The Kier molecular flexibility index (Phi) is 4.51. The summed E-state index contributed by atoms with van der Waals surface area (Å²) in [5.74, 6) is 1.83. The van der Waals surface area contributed by atoms with Crippen LogP contribution in [0.4, 0.5) is 11.8 Å². The van der Waals surface area contributed by atoms with Gasteiger partial charge in [0.25, 0.3) is 0 Å². The molecule has 3 N–H and O–H groups in total. The average molecular weight is 264 g/mol. The largest absolute Gasteiger partial charge is 0.379 e. The first-order valence-corrected chi connectivity index (χ1v) is 6.41. The van der Waals surface area contributed by atoms with Crippen molar-refractivity contribution in [3.63, 3.8) is 0 Å². The Morgan fingerprint density at radius 3 is 2.95 bits per heavy atom. The number of H-pyrrole nitrogens is 1. The lowest BCUT2D eigenvalue weighted by molar-refractivity contribution is 0.118. The number of nitrogens with zero attached hydrogens (tertiary/aromatic N) is 3. The van der Waals surface area contributed by atoms with Gasteiger partial charge in [-0.15, -0.1) is 0 Å². The Morgan fingerprint density at radius 2 is 2.21 bits per heavy atom. The van der Waals surface area contributed by atoms with Gasteiger partial charge < -0.3 is 20.4 Å². The fourth-order valence-corrected chi connectivity index (χ4v) is 1.63. The number of hydrogen-bond acceptors (Lipinski definition) is 6. The van der Waals surface area contributed by atoms with Crippen LogP contribution in [0.25, 0.3) is 11.2 Å². The number of aromatic nitrogens is 4. The van der Waals surface area contributed by atoms with Gasteiger partial charge >= 0.3 is 0 Å². The molecule has 0 saturated heterocycles. The standard InChI is InChI=1S/C12H20N6O/c1-8(2)6-19-5-4-14-10-9-11(16-7-15-9)18-12(13-3)17-10/h7-8H,4-6H2,1-3H3,(H3,13,14,15,16,17,18). The van der Waals surface area contributed by atoms with Crippen molar-refractivity contribution in [2.45, 2.75) is 13.8 Å². The van der Waals surface area contributed by atoms with Crippen molar-refractivity contribution in [3.8, 4) is 0 Å². The minimum Gasteiger partial charge on any atom is -0.379 e. The summed E-state index contributed by atoms with van der Waals surface area (Å²) in [4.78, 5) is 15.8. The molecule has 2 heterocycles. The fraction of sp³-hybridized carbons (Fsp3) is 0.583. The molecule has 2 rings (SSSR count). The molecule has 0 aromatic carbocycles. The highest BCUT2D eigenvalue weighted by Gasteiger charge is 2.08. The van der Waals surface area contributed by atoms with E-state index in [1.807, 2.05) is 0 Å². The number of ether oxygens (including phenoxy) is 1. The number of fused-ring (bicyclic) bond motifs is 1. The molecule has 19 heavy (non-hydrogen) atoms. The molecule has 2 aromatic heterocycles. The molecule has 2 aromatic rings. The van der Waals surface area contributed by atoms with E-state index in [1.54, 1.807) is 13.4 Å². The Labute approximate surface area is 112 Å². The highest BCUT2D eigenvalue weighted by atomic mass is 16.5. The van der Waals surface area contributed by atoms with E-state index in [-0.39, 0.29) is 0 Å². The normalized spacial score (nSPS) is 11.2. The zero-order valence-corrected chi connectivity index (χ0v) is 11.5. The molecule has 104 valence electrons. The zero-order valence-electron chi connectivity index (χ0n) is 11.5. The minimum absolute atomic E-state index is 0.546. The van der Waals surface area contributed by atoms with E-state index in [1.165, 1.54) is 0 Å². The van der Waals surface area contributed by atoms with E-state index in [0.717, 1.165) is 17.9 Å². The van der Waals surface area contributed by atoms with E-state index in [0.29, 0.717) is 30.7 Å². The summed E-state index contributed by atoms with van der Waals surface area (Å²) in [5.41, 5.74) is 1.45. The number of hydrogen-bond donors (Lipinski definition) is 3. The summed E-state index contributed by atoms with van der Waals surface area (Å²) in [6.45, 7) is 6.37. The van der Waals surface area contributed by atoms with Gasteiger partial charge in [0.2, 0.25) is 5.95 Å². The molecular formula is C12H20N6O. The van der Waals surface area contributed by atoms with Crippen LogP contribution in [-0.2, 0) is 4.74 Å². The molecule has 0 saturated carbocycles. The van der Waals surface area contributed by atoms with E-state index in [9.17, 15) is 0 Å². The molecule has 0 spiro atoms. The van der Waals surface area contributed by atoms with Gasteiger partial charge in [-0.25, -0.2) is 4.98 Å². The highest BCUT2D eigenvalue weighted by Crippen LogP contribution is 2.17. The van der Waals surface area contributed by atoms with E-state index in [4.69, 9.17) is 4.74 Å². The highest BCUT2D eigenvalue weighted by molar-refractivity contribution is 5.83.